The van der Waals surface area contributed by atoms with Crippen LogP contribution in [0.2, 0.25) is 0 Å². The number of piperidine rings is 1. The van der Waals surface area contributed by atoms with Gasteiger partial charge < -0.3 is 20.4 Å². The molecule has 5 nitrogen and oxygen atoms in total. The molecule has 0 bridgehead atoms. The topological polar surface area (TPSA) is 72.8 Å². The number of nitrogens with zero attached hydrogens (tertiary/aromatic N) is 1. The Labute approximate surface area is 96.4 Å². The zero-order valence-corrected chi connectivity index (χ0v) is 9.85. The normalized spacial score (nSPS) is 24.2. The van der Waals surface area contributed by atoms with E-state index < -0.39 is 12.1 Å². The number of hydrogen-bond donors (Lipinski definition) is 3. The lowest BCUT2D eigenvalue weighted by atomic mass is 10.0. The van der Waals surface area contributed by atoms with Crippen molar-refractivity contribution in [3.05, 3.63) is 0 Å². The quantitative estimate of drug-likeness (QED) is 0.594. The van der Waals surface area contributed by atoms with Gasteiger partial charge in [-0.25, -0.2) is 0 Å². The zero-order valence-electron chi connectivity index (χ0n) is 9.85. The molecule has 0 radical (unpaired) electrons. The zero-order chi connectivity index (χ0) is 12.0. The molecule has 0 aromatic carbocycles. The van der Waals surface area contributed by atoms with E-state index in [1.807, 2.05) is 0 Å². The monoisotopic (exact) mass is 230 g/mol. The smallest absolute Gasteiger partial charge is 0.306 e. The summed E-state index contributed by atoms with van der Waals surface area (Å²) in [5, 5.41) is 21.0. The largest absolute Gasteiger partial charge is 0.481 e. The molecule has 0 amide bonds. The van der Waals surface area contributed by atoms with Crippen LogP contribution >= 0.6 is 0 Å². The first-order chi connectivity index (χ1) is 7.59. The molecular weight excluding hydrogens is 208 g/mol. The van der Waals surface area contributed by atoms with Crippen molar-refractivity contribution < 1.29 is 15.0 Å². The van der Waals surface area contributed by atoms with Crippen molar-refractivity contribution in [2.75, 3.05) is 26.7 Å². The second kappa shape index (κ2) is 6.83. The van der Waals surface area contributed by atoms with Crippen molar-refractivity contribution in [3.63, 3.8) is 0 Å². The van der Waals surface area contributed by atoms with Crippen molar-refractivity contribution in [3.8, 4) is 0 Å². The summed E-state index contributed by atoms with van der Waals surface area (Å²) in [6, 6.07) is 0.519. The molecule has 5 heteroatoms. The number of likely N-dealkylation sites (tertiary alicyclic amines) is 1. The Bertz CT molecular complexity index is 223. The van der Waals surface area contributed by atoms with Crippen LogP contribution in [0.4, 0.5) is 0 Å². The summed E-state index contributed by atoms with van der Waals surface area (Å²) in [5.41, 5.74) is 0. The minimum absolute atomic E-state index is 0.187. The van der Waals surface area contributed by atoms with Gasteiger partial charge in [0.1, 0.15) is 0 Å². The Morgan fingerprint density at radius 1 is 1.56 bits per heavy atom. The van der Waals surface area contributed by atoms with E-state index >= 15 is 0 Å². The highest BCUT2D eigenvalue weighted by molar-refractivity contribution is 5.67. The van der Waals surface area contributed by atoms with Crippen LogP contribution in [-0.4, -0.2) is 59.9 Å². The number of nitrogens with one attached hydrogen (secondary N) is 1. The third-order valence-corrected chi connectivity index (χ3v) is 3.09. The first kappa shape index (κ1) is 13.4. The fraction of sp³-hybridized carbons (Fsp3) is 0.909. The molecule has 0 aromatic heterocycles. The number of rotatable bonds is 6. The molecule has 1 saturated heterocycles. The standard InChI is InChI=1S/C11H22N2O3/c1-13-5-3-2-4-9(13)7-12-8-10(14)6-11(15)16/h9-10,12,14H,2-8H2,1H3,(H,15,16). The molecule has 1 aliphatic rings. The van der Waals surface area contributed by atoms with Crippen LogP contribution in [0.15, 0.2) is 0 Å². The molecule has 1 aliphatic heterocycles. The Balaban J connectivity index is 2.11. The van der Waals surface area contributed by atoms with Crippen molar-refractivity contribution in [1.82, 2.24) is 10.2 Å². The molecule has 16 heavy (non-hydrogen) atoms. The van der Waals surface area contributed by atoms with E-state index in [2.05, 4.69) is 17.3 Å². The lowest BCUT2D eigenvalue weighted by Gasteiger charge is -2.32. The van der Waals surface area contributed by atoms with Gasteiger partial charge in [0.25, 0.3) is 0 Å². The molecule has 0 spiro atoms. The Kier molecular flexibility index (Phi) is 5.73. The summed E-state index contributed by atoms with van der Waals surface area (Å²) in [5.74, 6) is -0.955. The molecule has 1 heterocycles. The molecule has 2 atom stereocenters. The van der Waals surface area contributed by atoms with E-state index in [1.54, 1.807) is 0 Å². The van der Waals surface area contributed by atoms with Gasteiger partial charge in [-0.3, -0.25) is 4.79 Å². The highest BCUT2D eigenvalue weighted by atomic mass is 16.4. The number of aliphatic hydroxyl groups is 1. The number of carbonyl (C=O) groups is 1. The second-order valence-electron chi connectivity index (χ2n) is 4.54. The molecule has 3 N–H and O–H groups in total. The SMILES string of the molecule is CN1CCCCC1CNCC(O)CC(=O)O. The number of likely N-dealkylation sites (N-methyl/N-ethyl adjacent to an activating group) is 1. The van der Waals surface area contributed by atoms with Crippen molar-refractivity contribution in [1.29, 1.82) is 0 Å². The Morgan fingerprint density at radius 2 is 2.31 bits per heavy atom. The summed E-state index contributed by atoms with van der Waals surface area (Å²) < 4.78 is 0. The van der Waals surface area contributed by atoms with Gasteiger partial charge in [-0.15, -0.1) is 0 Å². The molecule has 0 saturated carbocycles. The maximum absolute atomic E-state index is 10.3. The molecule has 0 aromatic rings. The maximum atomic E-state index is 10.3. The van der Waals surface area contributed by atoms with Crippen LogP contribution in [0, 0.1) is 0 Å². The van der Waals surface area contributed by atoms with Gasteiger partial charge in [0.05, 0.1) is 12.5 Å². The fourth-order valence-electron chi connectivity index (χ4n) is 2.09. The van der Waals surface area contributed by atoms with Gasteiger partial charge in [0, 0.05) is 19.1 Å². The van der Waals surface area contributed by atoms with Crippen LogP contribution < -0.4 is 5.32 Å². The van der Waals surface area contributed by atoms with Crippen LogP contribution in [0.5, 0.6) is 0 Å². The number of aliphatic carboxylic acids is 1. The van der Waals surface area contributed by atoms with Crippen LogP contribution in [-0.2, 0) is 4.79 Å². The van der Waals surface area contributed by atoms with E-state index in [1.165, 1.54) is 19.3 Å². The lowest BCUT2D eigenvalue weighted by molar-refractivity contribution is -0.139. The minimum atomic E-state index is -0.955. The predicted molar refractivity (Wildman–Crippen MR) is 61.4 cm³/mol. The van der Waals surface area contributed by atoms with Gasteiger partial charge in [-0.2, -0.15) is 0 Å². The van der Waals surface area contributed by atoms with E-state index in [9.17, 15) is 9.90 Å². The number of carboxylic acid groups (broad SMARTS) is 1. The number of hydrogen-bond acceptors (Lipinski definition) is 4. The molecule has 2 unspecified atom stereocenters. The van der Waals surface area contributed by atoms with Gasteiger partial charge in [0.2, 0.25) is 0 Å². The second-order valence-corrected chi connectivity index (χ2v) is 4.54. The molecule has 1 fully saturated rings. The molecular formula is C11H22N2O3. The van der Waals surface area contributed by atoms with Crippen molar-refractivity contribution in [2.24, 2.45) is 0 Å². The van der Waals surface area contributed by atoms with Crippen LogP contribution in [0.25, 0.3) is 0 Å². The van der Waals surface area contributed by atoms with Gasteiger partial charge in [-0.05, 0) is 26.4 Å². The minimum Gasteiger partial charge on any atom is -0.481 e. The summed E-state index contributed by atoms with van der Waals surface area (Å²) in [7, 11) is 2.11. The van der Waals surface area contributed by atoms with Gasteiger partial charge in [0.15, 0.2) is 0 Å². The molecule has 1 rings (SSSR count). The van der Waals surface area contributed by atoms with E-state index in [0.29, 0.717) is 12.6 Å². The summed E-state index contributed by atoms with van der Waals surface area (Å²) in [6.07, 6.45) is 2.72. The molecule has 0 aliphatic carbocycles. The highest BCUT2D eigenvalue weighted by Crippen LogP contribution is 2.13. The summed E-state index contributed by atoms with van der Waals surface area (Å²) >= 11 is 0. The highest BCUT2D eigenvalue weighted by Gasteiger charge is 2.18. The van der Waals surface area contributed by atoms with Crippen LogP contribution in [0.1, 0.15) is 25.7 Å². The third-order valence-electron chi connectivity index (χ3n) is 3.09. The van der Waals surface area contributed by atoms with Gasteiger partial charge >= 0.3 is 5.97 Å². The van der Waals surface area contributed by atoms with E-state index in [0.717, 1.165) is 13.1 Å². The average Bonchev–Trinajstić information content (AvgIpc) is 2.19. The molecule has 94 valence electrons. The van der Waals surface area contributed by atoms with Gasteiger partial charge in [-0.1, -0.05) is 6.42 Å². The first-order valence-electron chi connectivity index (χ1n) is 5.90. The lowest BCUT2D eigenvalue weighted by Crippen LogP contribution is -2.44. The number of aliphatic hydroxyl groups excluding tert-OH is 1. The fourth-order valence-corrected chi connectivity index (χ4v) is 2.09. The maximum Gasteiger partial charge on any atom is 0.306 e. The van der Waals surface area contributed by atoms with Crippen molar-refractivity contribution >= 4 is 5.97 Å². The van der Waals surface area contributed by atoms with Crippen molar-refractivity contribution in [2.45, 2.75) is 37.8 Å². The van der Waals surface area contributed by atoms with Crippen LogP contribution in [0.3, 0.4) is 0 Å². The predicted octanol–water partition coefficient (Wildman–Crippen LogP) is -0.104. The van der Waals surface area contributed by atoms with E-state index in [-0.39, 0.29) is 6.42 Å². The Morgan fingerprint density at radius 3 is 2.94 bits per heavy atom. The third kappa shape index (κ3) is 4.92. The summed E-state index contributed by atoms with van der Waals surface area (Å²) in [6.45, 7) is 2.31. The first-order valence-corrected chi connectivity index (χ1v) is 5.90. The van der Waals surface area contributed by atoms with E-state index in [4.69, 9.17) is 5.11 Å². The Hall–Kier alpha value is -0.650. The number of carboxylic acids is 1. The summed E-state index contributed by atoms with van der Waals surface area (Å²) in [4.78, 5) is 12.7. The average molecular weight is 230 g/mol.